The molecule has 0 aliphatic heterocycles. The number of methoxy groups -OCH3 is 1. The summed E-state index contributed by atoms with van der Waals surface area (Å²) in [4.78, 5) is 4.47. The van der Waals surface area contributed by atoms with Gasteiger partial charge in [-0.05, 0) is 38.3 Å². The maximum atomic E-state index is 5.53. The third kappa shape index (κ3) is 4.28. The molecule has 0 heterocycles. The number of nitrogens with zero attached hydrogens (tertiary/aromatic N) is 1. The highest BCUT2D eigenvalue weighted by Crippen LogP contribution is 2.31. The highest BCUT2D eigenvalue weighted by atomic mass is 16.5. The molecule has 2 rings (SSSR count). The van der Waals surface area contributed by atoms with Crippen molar-refractivity contribution in [2.75, 3.05) is 25.6 Å². The van der Waals surface area contributed by atoms with E-state index in [1.165, 1.54) is 6.42 Å². The molecule has 1 aliphatic carbocycles. The van der Waals surface area contributed by atoms with Crippen molar-refractivity contribution in [1.29, 1.82) is 0 Å². The Kier molecular flexibility index (Phi) is 5.31. The van der Waals surface area contributed by atoms with Crippen LogP contribution in [0.1, 0.15) is 27.2 Å². The number of guanidine groups is 1. The van der Waals surface area contributed by atoms with E-state index in [0.29, 0.717) is 12.6 Å². The highest BCUT2D eigenvalue weighted by Gasteiger charge is 2.33. The number of benzene rings is 1. The van der Waals surface area contributed by atoms with Gasteiger partial charge in [-0.1, -0.05) is 6.92 Å². The summed E-state index contributed by atoms with van der Waals surface area (Å²) in [6.07, 6.45) is 1.21. The van der Waals surface area contributed by atoms with Gasteiger partial charge in [0.15, 0.2) is 17.5 Å². The zero-order chi connectivity index (χ0) is 15.2. The second-order valence-electron chi connectivity index (χ2n) is 5.21. The molecule has 0 spiro atoms. The summed E-state index contributed by atoms with van der Waals surface area (Å²) < 4.78 is 10.9. The molecular weight excluding hydrogens is 266 g/mol. The molecule has 2 unspecified atom stereocenters. The summed E-state index contributed by atoms with van der Waals surface area (Å²) in [7, 11) is 1.65. The fourth-order valence-electron chi connectivity index (χ4n) is 2.13. The van der Waals surface area contributed by atoms with Gasteiger partial charge in [0, 0.05) is 24.3 Å². The molecule has 0 radical (unpaired) electrons. The van der Waals surface area contributed by atoms with Gasteiger partial charge in [0.25, 0.3) is 0 Å². The first-order chi connectivity index (χ1) is 10.2. The molecule has 0 amide bonds. The van der Waals surface area contributed by atoms with Gasteiger partial charge in [-0.2, -0.15) is 0 Å². The van der Waals surface area contributed by atoms with Crippen LogP contribution in [0.3, 0.4) is 0 Å². The Balaban J connectivity index is 2.07. The van der Waals surface area contributed by atoms with Gasteiger partial charge in [-0.3, -0.25) is 4.99 Å². The van der Waals surface area contributed by atoms with Crippen LogP contribution in [0.25, 0.3) is 0 Å². The molecule has 5 heteroatoms. The fraction of sp³-hybridized carbons (Fsp3) is 0.562. The van der Waals surface area contributed by atoms with Crippen LogP contribution in [-0.4, -0.2) is 32.3 Å². The van der Waals surface area contributed by atoms with E-state index >= 15 is 0 Å². The molecule has 2 atom stereocenters. The van der Waals surface area contributed by atoms with Gasteiger partial charge >= 0.3 is 0 Å². The van der Waals surface area contributed by atoms with E-state index in [2.05, 4.69) is 22.5 Å². The first-order valence-corrected chi connectivity index (χ1v) is 7.56. The minimum absolute atomic E-state index is 0.535. The van der Waals surface area contributed by atoms with Crippen LogP contribution in [-0.2, 0) is 0 Å². The lowest BCUT2D eigenvalue weighted by Gasteiger charge is -2.14. The molecule has 1 fully saturated rings. The second-order valence-corrected chi connectivity index (χ2v) is 5.21. The quantitative estimate of drug-likeness (QED) is 0.625. The second kappa shape index (κ2) is 7.20. The Morgan fingerprint density at radius 1 is 1.33 bits per heavy atom. The van der Waals surface area contributed by atoms with Crippen molar-refractivity contribution in [1.82, 2.24) is 5.32 Å². The number of anilines is 1. The van der Waals surface area contributed by atoms with Crippen molar-refractivity contribution in [2.24, 2.45) is 10.9 Å². The molecule has 1 aromatic rings. The zero-order valence-corrected chi connectivity index (χ0v) is 13.3. The molecule has 116 valence electrons. The van der Waals surface area contributed by atoms with Crippen molar-refractivity contribution < 1.29 is 9.47 Å². The van der Waals surface area contributed by atoms with Crippen LogP contribution in [0.15, 0.2) is 23.2 Å². The van der Waals surface area contributed by atoms with E-state index in [9.17, 15) is 0 Å². The molecule has 0 aromatic heterocycles. The van der Waals surface area contributed by atoms with E-state index in [-0.39, 0.29) is 0 Å². The predicted molar refractivity (Wildman–Crippen MR) is 86.5 cm³/mol. The number of hydrogen-bond acceptors (Lipinski definition) is 3. The average Bonchev–Trinajstić information content (AvgIpc) is 3.16. The minimum atomic E-state index is 0.535. The minimum Gasteiger partial charge on any atom is -0.493 e. The van der Waals surface area contributed by atoms with E-state index < -0.39 is 0 Å². The first kappa shape index (κ1) is 15.5. The van der Waals surface area contributed by atoms with Gasteiger partial charge in [0.05, 0.1) is 13.7 Å². The summed E-state index contributed by atoms with van der Waals surface area (Å²) >= 11 is 0. The number of rotatable bonds is 6. The topological polar surface area (TPSA) is 54.9 Å². The molecule has 5 nitrogen and oxygen atoms in total. The molecule has 2 N–H and O–H groups in total. The molecule has 0 saturated heterocycles. The molecule has 1 aromatic carbocycles. The van der Waals surface area contributed by atoms with Crippen molar-refractivity contribution in [3.05, 3.63) is 18.2 Å². The Morgan fingerprint density at radius 3 is 2.67 bits per heavy atom. The van der Waals surface area contributed by atoms with Crippen LogP contribution in [0, 0.1) is 5.92 Å². The molecular formula is C16H25N3O2. The lowest BCUT2D eigenvalue weighted by Crippen LogP contribution is -2.33. The van der Waals surface area contributed by atoms with Crippen molar-refractivity contribution in [3.8, 4) is 11.5 Å². The normalized spacial score (nSPS) is 20.9. The van der Waals surface area contributed by atoms with Crippen molar-refractivity contribution >= 4 is 11.6 Å². The number of nitrogens with one attached hydrogen (secondary N) is 2. The van der Waals surface area contributed by atoms with Crippen LogP contribution in [0.5, 0.6) is 11.5 Å². The molecule has 1 saturated carbocycles. The summed E-state index contributed by atoms with van der Waals surface area (Å²) in [5, 5.41) is 6.75. The van der Waals surface area contributed by atoms with Gasteiger partial charge < -0.3 is 20.1 Å². The van der Waals surface area contributed by atoms with E-state index in [1.807, 2.05) is 32.0 Å². The number of ether oxygens (including phenoxy) is 2. The molecule has 21 heavy (non-hydrogen) atoms. The fourth-order valence-corrected chi connectivity index (χ4v) is 2.13. The van der Waals surface area contributed by atoms with Crippen LogP contribution >= 0.6 is 0 Å². The smallest absolute Gasteiger partial charge is 0.196 e. The standard InChI is InChI=1S/C16H25N3O2/c1-5-17-16(19-13-9-11(13)3)18-12-7-8-14(21-6-2)15(10-12)20-4/h7-8,10-11,13H,5-6,9H2,1-4H3,(H2,17,18,19). The predicted octanol–water partition coefficient (Wildman–Crippen LogP) is 2.88. The average molecular weight is 291 g/mol. The SMILES string of the molecule is CCN=C(Nc1ccc(OCC)c(OC)c1)NC1CC1C. The van der Waals surface area contributed by atoms with Gasteiger partial charge in [-0.25, -0.2) is 0 Å². The maximum absolute atomic E-state index is 5.53. The van der Waals surface area contributed by atoms with Crippen molar-refractivity contribution in [3.63, 3.8) is 0 Å². The Morgan fingerprint density at radius 2 is 2.10 bits per heavy atom. The zero-order valence-electron chi connectivity index (χ0n) is 13.3. The van der Waals surface area contributed by atoms with E-state index in [1.54, 1.807) is 7.11 Å². The Bertz CT molecular complexity index is 502. The molecule has 0 bridgehead atoms. The van der Waals surface area contributed by atoms with Crippen LogP contribution in [0.2, 0.25) is 0 Å². The lowest BCUT2D eigenvalue weighted by atomic mass is 10.2. The highest BCUT2D eigenvalue weighted by molar-refractivity contribution is 5.94. The summed E-state index contributed by atoms with van der Waals surface area (Å²) in [5.41, 5.74) is 0.934. The molecule has 1 aliphatic rings. The first-order valence-electron chi connectivity index (χ1n) is 7.56. The summed E-state index contributed by atoms with van der Waals surface area (Å²) in [6, 6.07) is 6.34. The third-order valence-corrected chi connectivity index (χ3v) is 3.47. The Labute approximate surface area is 126 Å². The Hall–Kier alpha value is -1.91. The third-order valence-electron chi connectivity index (χ3n) is 3.47. The van der Waals surface area contributed by atoms with Crippen LogP contribution < -0.4 is 20.1 Å². The largest absolute Gasteiger partial charge is 0.493 e. The summed E-state index contributed by atoms with van der Waals surface area (Å²) in [5.74, 6) is 3.02. The van der Waals surface area contributed by atoms with Crippen LogP contribution in [0.4, 0.5) is 5.69 Å². The number of aliphatic imine (C=N–C) groups is 1. The van der Waals surface area contributed by atoms with Gasteiger partial charge in [0.1, 0.15) is 0 Å². The lowest BCUT2D eigenvalue weighted by molar-refractivity contribution is 0.311. The van der Waals surface area contributed by atoms with E-state index in [4.69, 9.17) is 9.47 Å². The summed E-state index contributed by atoms with van der Waals surface area (Å²) in [6.45, 7) is 7.58. The van der Waals surface area contributed by atoms with Gasteiger partial charge in [0.2, 0.25) is 0 Å². The number of hydrogen-bond donors (Lipinski definition) is 2. The monoisotopic (exact) mass is 291 g/mol. The van der Waals surface area contributed by atoms with Crippen molar-refractivity contribution in [2.45, 2.75) is 33.2 Å². The van der Waals surface area contributed by atoms with E-state index in [0.717, 1.165) is 35.6 Å². The maximum Gasteiger partial charge on any atom is 0.196 e. The van der Waals surface area contributed by atoms with Gasteiger partial charge in [-0.15, -0.1) is 0 Å².